The number of likely N-dealkylation sites (N-methyl/N-ethyl adjacent to an activating group) is 1. The topological polar surface area (TPSA) is 49.8 Å². The summed E-state index contributed by atoms with van der Waals surface area (Å²) in [6.45, 7) is 2.44. The first-order chi connectivity index (χ1) is 8.04. The predicted octanol–water partition coefficient (Wildman–Crippen LogP) is 1.19. The average Bonchev–Trinajstić information content (AvgIpc) is 2.27. The van der Waals surface area contributed by atoms with E-state index in [2.05, 4.69) is 0 Å². The molecule has 4 heteroatoms. The molecule has 0 amide bonds. The Kier molecular flexibility index (Phi) is 5.12. The molecule has 0 fully saturated rings. The molecule has 1 atom stereocenters. The third kappa shape index (κ3) is 4.17. The number of rotatable bonds is 6. The van der Waals surface area contributed by atoms with Crippen LogP contribution in [0.15, 0.2) is 24.3 Å². The Morgan fingerprint density at radius 3 is 2.71 bits per heavy atom. The molecule has 0 saturated carbocycles. The van der Waals surface area contributed by atoms with Crippen molar-refractivity contribution in [2.24, 2.45) is 0 Å². The highest BCUT2D eigenvalue weighted by molar-refractivity contribution is 6.00. The molecule has 1 aromatic carbocycles. The van der Waals surface area contributed by atoms with Crippen molar-refractivity contribution < 1.29 is 14.6 Å². The number of aliphatic hydroxyl groups is 1. The van der Waals surface area contributed by atoms with E-state index >= 15 is 0 Å². The summed E-state index contributed by atoms with van der Waals surface area (Å²) in [5, 5.41) is 9.23. The lowest BCUT2D eigenvalue weighted by Crippen LogP contribution is -2.32. The number of carbonyl (C=O) groups excluding carboxylic acids is 1. The number of methoxy groups -OCH3 is 1. The number of para-hydroxylation sites is 1. The smallest absolute Gasteiger partial charge is 0.180 e. The highest BCUT2D eigenvalue weighted by atomic mass is 16.5. The van der Waals surface area contributed by atoms with E-state index in [0.717, 1.165) is 0 Å². The van der Waals surface area contributed by atoms with Gasteiger partial charge in [0, 0.05) is 6.54 Å². The van der Waals surface area contributed by atoms with Crippen LogP contribution in [0.1, 0.15) is 17.3 Å². The summed E-state index contributed by atoms with van der Waals surface area (Å²) in [6, 6.07) is 7.15. The molecule has 1 rings (SSSR count). The van der Waals surface area contributed by atoms with E-state index in [-0.39, 0.29) is 12.3 Å². The van der Waals surface area contributed by atoms with Crippen LogP contribution in [-0.2, 0) is 0 Å². The van der Waals surface area contributed by atoms with E-state index in [1.807, 2.05) is 12.1 Å². The van der Waals surface area contributed by atoms with Crippen molar-refractivity contribution in [3.63, 3.8) is 0 Å². The Labute approximate surface area is 102 Å². The van der Waals surface area contributed by atoms with Gasteiger partial charge in [0.25, 0.3) is 0 Å². The molecular formula is C13H19NO3. The molecule has 4 nitrogen and oxygen atoms in total. The molecule has 0 heterocycles. The molecule has 1 aromatic rings. The van der Waals surface area contributed by atoms with E-state index in [1.165, 1.54) is 0 Å². The zero-order chi connectivity index (χ0) is 12.8. The molecule has 0 aliphatic heterocycles. The molecule has 94 valence electrons. The van der Waals surface area contributed by atoms with Crippen LogP contribution in [0.3, 0.4) is 0 Å². The molecule has 0 aliphatic rings. The van der Waals surface area contributed by atoms with Gasteiger partial charge in [0.1, 0.15) is 5.75 Å². The lowest BCUT2D eigenvalue weighted by atomic mass is 10.1. The zero-order valence-corrected chi connectivity index (χ0v) is 10.5. The Balaban J connectivity index is 2.69. The molecule has 1 N–H and O–H groups in total. The van der Waals surface area contributed by atoms with Crippen molar-refractivity contribution in [2.45, 2.75) is 13.0 Å². The molecule has 17 heavy (non-hydrogen) atoms. The number of ketones is 1. The van der Waals surface area contributed by atoms with E-state index in [0.29, 0.717) is 17.9 Å². The van der Waals surface area contributed by atoms with E-state index in [4.69, 9.17) is 4.74 Å². The highest BCUT2D eigenvalue weighted by Gasteiger charge is 2.14. The SMILES string of the molecule is COc1ccccc1C(=O)CN(C)CC(C)O. The van der Waals surface area contributed by atoms with Gasteiger partial charge >= 0.3 is 0 Å². The quantitative estimate of drug-likeness (QED) is 0.755. The summed E-state index contributed by atoms with van der Waals surface area (Å²) >= 11 is 0. The number of hydrogen-bond donors (Lipinski definition) is 1. The van der Waals surface area contributed by atoms with E-state index in [1.54, 1.807) is 38.1 Å². The third-order valence-electron chi connectivity index (χ3n) is 2.40. The Morgan fingerprint density at radius 2 is 2.12 bits per heavy atom. The predicted molar refractivity (Wildman–Crippen MR) is 66.5 cm³/mol. The molecule has 0 aromatic heterocycles. The summed E-state index contributed by atoms with van der Waals surface area (Å²) in [5.41, 5.74) is 0.576. The lowest BCUT2D eigenvalue weighted by molar-refractivity contribution is 0.0898. The highest BCUT2D eigenvalue weighted by Crippen LogP contribution is 2.17. The average molecular weight is 237 g/mol. The number of ether oxygens (including phenoxy) is 1. The summed E-state index contributed by atoms with van der Waals surface area (Å²) in [6.07, 6.45) is -0.439. The Bertz CT molecular complexity index is 377. The van der Waals surface area contributed by atoms with Gasteiger partial charge in [-0.05, 0) is 26.1 Å². The molecule has 0 spiro atoms. The van der Waals surface area contributed by atoms with Crippen LogP contribution in [0.2, 0.25) is 0 Å². The molecule has 0 radical (unpaired) electrons. The fourth-order valence-electron chi connectivity index (χ4n) is 1.72. The van der Waals surface area contributed by atoms with Gasteiger partial charge in [-0.1, -0.05) is 12.1 Å². The number of carbonyl (C=O) groups is 1. The van der Waals surface area contributed by atoms with Gasteiger partial charge < -0.3 is 9.84 Å². The maximum absolute atomic E-state index is 12.0. The van der Waals surface area contributed by atoms with Crippen molar-refractivity contribution in [2.75, 3.05) is 27.2 Å². The van der Waals surface area contributed by atoms with Gasteiger partial charge in [-0.2, -0.15) is 0 Å². The summed E-state index contributed by atoms with van der Waals surface area (Å²) in [5.74, 6) is 0.577. The monoisotopic (exact) mass is 237 g/mol. The maximum atomic E-state index is 12.0. The van der Waals surface area contributed by atoms with E-state index < -0.39 is 6.10 Å². The number of benzene rings is 1. The van der Waals surface area contributed by atoms with Crippen LogP contribution in [0.4, 0.5) is 0 Å². The Hall–Kier alpha value is -1.39. The minimum atomic E-state index is -0.439. The molecule has 0 bridgehead atoms. The van der Waals surface area contributed by atoms with Crippen LogP contribution in [0.5, 0.6) is 5.75 Å². The van der Waals surface area contributed by atoms with Crippen molar-refractivity contribution in [1.29, 1.82) is 0 Å². The number of nitrogens with zero attached hydrogens (tertiary/aromatic N) is 1. The lowest BCUT2D eigenvalue weighted by Gasteiger charge is -2.17. The largest absolute Gasteiger partial charge is 0.496 e. The van der Waals surface area contributed by atoms with Crippen molar-refractivity contribution in [3.8, 4) is 5.75 Å². The van der Waals surface area contributed by atoms with Crippen LogP contribution < -0.4 is 4.74 Å². The number of Topliss-reactive ketones (excluding diaryl/α,β-unsaturated/α-hetero) is 1. The fourth-order valence-corrected chi connectivity index (χ4v) is 1.72. The van der Waals surface area contributed by atoms with Gasteiger partial charge in [0.05, 0.1) is 25.3 Å². The van der Waals surface area contributed by atoms with Crippen LogP contribution in [0, 0.1) is 0 Å². The first-order valence-corrected chi connectivity index (χ1v) is 5.57. The number of aliphatic hydroxyl groups excluding tert-OH is 1. The second-order valence-electron chi connectivity index (χ2n) is 4.17. The molecule has 1 unspecified atom stereocenters. The van der Waals surface area contributed by atoms with Crippen molar-refractivity contribution >= 4 is 5.78 Å². The van der Waals surface area contributed by atoms with Gasteiger partial charge in [0.15, 0.2) is 5.78 Å². The van der Waals surface area contributed by atoms with Gasteiger partial charge in [0.2, 0.25) is 0 Å². The molecule has 0 saturated heterocycles. The first kappa shape index (κ1) is 13.7. The van der Waals surface area contributed by atoms with Gasteiger partial charge in [-0.3, -0.25) is 9.69 Å². The van der Waals surface area contributed by atoms with Crippen LogP contribution in [0.25, 0.3) is 0 Å². The Morgan fingerprint density at radius 1 is 1.47 bits per heavy atom. The molecular weight excluding hydrogens is 218 g/mol. The first-order valence-electron chi connectivity index (χ1n) is 5.57. The van der Waals surface area contributed by atoms with Crippen molar-refractivity contribution in [1.82, 2.24) is 4.90 Å². The second-order valence-corrected chi connectivity index (χ2v) is 4.17. The van der Waals surface area contributed by atoms with Gasteiger partial charge in [-0.25, -0.2) is 0 Å². The minimum Gasteiger partial charge on any atom is -0.496 e. The van der Waals surface area contributed by atoms with Crippen LogP contribution >= 0.6 is 0 Å². The summed E-state index contributed by atoms with van der Waals surface area (Å²) in [7, 11) is 3.35. The minimum absolute atomic E-state index is 0.00870. The van der Waals surface area contributed by atoms with Crippen molar-refractivity contribution in [3.05, 3.63) is 29.8 Å². The standard InChI is InChI=1S/C13H19NO3/c1-10(15)8-14(2)9-12(16)11-6-4-5-7-13(11)17-3/h4-7,10,15H,8-9H2,1-3H3. The number of hydrogen-bond acceptors (Lipinski definition) is 4. The van der Waals surface area contributed by atoms with Crippen LogP contribution in [-0.4, -0.2) is 49.1 Å². The third-order valence-corrected chi connectivity index (χ3v) is 2.40. The molecule has 0 aliphatic carbocycles. The van der Waals surface area contributed by atoms with E-state index in [9.17, 15) is 9.90 Å². The maximum Gasteiger partial charge on any atom is 0.180 e. The summed E-state index contributed by atoms with van der Waals surface area (Å²) in [4.78, 5) is 13.8. The fraction of sp³-hybridized carbons (Fsp3) is 0.462. The normalized spacial score (nSPS) is 12.5. The second kappa shape index (κ2) is 6.37. The summed E-state index contributed by atoms with van der Waals surface area (Å²) < 4.78 is 5.14. The van der Waals surface area contributed by atoms with Gasteiger partial charge in [-0.15, -0.1) is 0 Å². The zero-order valence-electron chi connectivity index (χ0n) is 10.5.